The van der Waals surface area contributed by atoms with Crippen LogP contribution in [0.2, 0.25) is 0 Å². The van der Waals surface area contributed by atoms with E-state index < -0.39 is 12.0 Å². The van der Waals surface area contributed by atoms with Crippen LogP contribution in [0.3, 0.4) is 0 Å². The molecule has 14 heavy (non-hydrogen) atoms. The van der Waals surface area contributed by atoms with Gasteiger partial charge in [0.25, 0.3) is 0 Å². The lowest BCUT2D eigenvalue weighted by Crippen LogP contribution is -2.19. The van der Waals surface area contributed by atoms with Crippen molar-refractivity contribution in [2.75, 3.05) is 7.11 Å². The number of hydrogen-bond donors (Lipinski definition) is 0. The third-order valence-corrected chi connectivity index (χ3v) is 2.12. The lowest BCUT2D eigenvalue weighted by atomic mass is 10.3. The van der Waals surface area contributed by atoms with Crippen LogP contribution < -0.4 is 0 Å². The number of thiophene rings is 1. The maximum Gasteiger partial charge on any atom is 0.396 e. The van der Waals surface area contributed by atoms with Gasteiger partial charge in [0.2, 0.25) is 0 Å². The Morgan fingerprint density at radius 3 is 3.14 bits per heavy atom. The predicted molar refractivity (Wildman–Crippen MR) is 54.9 cm³/mol. The zero-order valence-corrected chi connectivity index (χ0v) is 8.32. The molecule has 0 spiro atoms. The van der Waals surface area contributed by atoms with Gasteiger partial charge in [-0.3, -0.25) is 9.84 Å². The Labute approximate surface area is 85.7 Å². The highest BCUT2D eigenvalue weighted by atomic mass is 32.1. The molecule has 0 N–H and O–H groups in total. The zero-order chi connectivity index (χ0) is 10.4. The van der Waals surface area contributed by atoms with Crippen LogP contribution in [0.25, 0.3) is 4.85 Å². The maximum atomic E-state index is 11.0. The smallest absolute Gasteiger partial charge is 0.396 e. The lowest BCUT2D eigenvalue weighted by molar-refractivity contribution is -0.139. The Bertz CT molecular complexity index is 365. The molecule has 1 unspecified atom stereocenters. The van der Waals surface area contributed by atoms with Crippen molar-refractivity contribution in [3.8, 4) is 0 Å². The topological polar surface area (TPSA) is 43.0 Å². The Kier molecular flexibility index (Phi) is 3.83. The van der Waals surface area contributed by atoms with Gasteiger partial charge in [-0.2, -0.15) is 11.3 Å². The van der Waals surface area contributed by atoms with Gasteiger partial charge in [0.1, 0.15) is 0 Å². The van der Waals surface area contributed by atoms with E-state index in [2.05, 4.69) is 14.6 Å². The first-order valence-corrected chi connectivity index (χ1v) is 4.73. The summed E-state index contributed by atoms with van der Waals surface area (Å²) in [6.45, 7) is 6.76. The van der Waals surface area contributed by atoms with Gasteiger partial charge in [0, 0.05) is 5.38 Å². The molecule has 1 heterocycles. The number of methoxy groups -OCH3 is 1. The average molecular weight is 208 g/mol. The Balaban J connectivity index is 2.67. The van der Waals surface area contributed by atoms with Crippen molar-refractivity contribution < 1.29 is 9.53 Å². The van der Waals surface area contributed by atoms with Crippen molar-refractivity contribution in [2.45, 2.75) is 6.04 Å². The summed E-state index contributed by atoms with van der Waals surface area (Å²) in [4.78, 5) is 18.0. The standard InChI is InChI=1S/C9H8N2O2S/c1-10-8(9(12)13-2)5-11-7-3-4-14-6-7/h3-6,8H,2H3. The number of aliphatic imine (C=N–C) groups is 1. The fourth-order valence-corrected chi connectivity index (χ4v) is 1.33. The van der Waals surface area contributed by atoms with Crippen LogP contribution in [0.4, 0.5) is 5.69 Å². The first kappa shape index (κ1) is 10.4. The first-order chi connectivity index (χ1) is 6.77. The summed E-state index contributed by atoms with van der Waals surface area (Å²) in [6.07, 6.45) is 1.29. The minimum Gasteiger partial charge on any atom is -0.463 e. The average Bonchev–Trinajstić information content (AvgIpc) is 2.71. The van der Waals surface area contributed by atoms with Crippen molar-refractivity contribution in [3.05, 3.63) is 28.2 Å². The third kappa shape index (κ3) is 2.68. The molecule has 0 bridgehead atoms. The molecule has 1 atom stereocenters. The van der Waals surface area contributed by atoms with E-state index in [1.54, 1.807) is 6.07 Å². The molecule has 0 amide bonds. The molecule has 1 aromatic heterocycles. The highest BCUT2D eigenvalue weighted by Gasteiger charge is 2.21. The summed E-state index contributed by atoms with van der Waals surface area (Å²) in [5, 5.41) is 3.70. The second kappa shape index (κ2) is 5.14. The Hall–Kier alpha value is -1.67. The molecule has 1 aromatic rings. The van der Waals surface area contributed by atoms with E-state index in [4.69, 9.17) is 6.57 Å². The molecule has 0 aliphatic heterocycles. The van der Waals surface area contributed by atoms with Crippen LogP contribution in [0, 0.1) is 6.57 Å². The molecular formula is C9H8N2O2S. The van der Waals surface area contributed by atoms with E-state index >= 15 is 0 Å². The van der Waals surface area contributed by atoms with E-state index in [0.29, 0.717) is 0 Å². The highest BCUT2D eigenvalue weighted by molar-refractivity contribution is 7.08. The van der Waals surface area contributed by atoms with Gasteiger partial charge in [0.15, 0.2) is 0 Å². The van der Waals surface area contributed by atoms with Crippen molar-refractivity contribution in [3.63, 3.8) is 0 Å². The fraction of sp³-hybridized carbons (Fsp3) is 0.222. The van der Waals surface area contributed by atoms with Gasteiger partial charge >= 0.3 is 12.0 Å². The van der Waals surface area contributed by atoms with Crippen LogP contribution in [0.1, 0.15) is 0 Å². The summed E-state index contributed by atoms with van der Waals surface area (Å²) < 4.78 is 4.43. The van der Waals surface area contributed by atoms with E-state index in [9.17, 15) is 4.79 Å². The molecule has 0 saturated heterocycles. The number of nitrogens with zero attached hydrogens (tertiary/aromatic N) is 2. The SMILES string of the molecule is [C-]#[N+]C(C=Nc1ccsc1)C(=O)OC. The molecule has 4 nitrogen and oxygen atoms in total. The number of esters is 1. The summed E-state index contributed by atoms with van der Waals surface area (Å²) in [5.41, 5.74) is 0.743. The first-order valence-electron chi connectivity index (χ1n) is 3.78. The van der Waals surface area contributed by atoms with Gasteiger partial charge in [0.05, 0.1) is 19.0 Å². The molecule has 0 aliphatic rings. The van der Waals surface area contributed by atoms with Crippen LogP contribution in [0.15, 0.2) is 21.8 Å². The number of hydrogen-bond acceptors (Lipinski definition) is 4. The van der Waals surface area contributed by atoms with Crippen molar-refractivity contribution >= 4 is 29.2 Å². The molecule has 0 aromatic carbocycles. The lowest BCUT2D eigenvalue weighted by Gasteiger charge is -1.95. The second-order valence-corrected chi connectivity index (χ2v) is 3.14. The Morgan fingerprint density at radius 2 is 2.64 bits per heavy atom. The fourth-order valence-electron chi connectivity index (χ4n) is 0.755. The normalized spacial score (nSPS) is 12.3. The van der Waals surface area contributed by atoms with Gasteiger partial charge in [-0.1, -0.05) is 0 Å². The minimum atomic E-state index is -0.945. The van der Waals surface area contributed by atoms with Gasteiger partial charge in [-0.05, 0) is 11.4 Å². The molecule has 72 valence electrons. The van der Waals surface area contributed by atoms with Crippen molar-refractivity contribution in [2.24, 2.45) is 4.99 Å². The summed E-state index contributed by atoms with van der Waals surface area (Å²) >= 11 is 1.51. The van der Waals surface area contributed by atoms with Crippen LogP contribution in [0.5, 0.6) is 0 Å². The van der Waals surface area contributed by atoms with E-state index in [0.717, 1.165) is 5.69 Å². The minimum absolute atomic E-state index is 0.584. The Morgan fingerprint density at radius 1 is 1.86 bits per heavy atom. The van der Waals surface area contributed by atoms with Crippen LogP contribution in [-0.2, 0) is 9.53 Å². The second-order valence-electron chi connectivity index (χ2n) is 2.36. The van der Waals surface area contributed by atoms with Crippen molar-refractivity contribution in [1.82, 2.24) is 0 Å². The van der Waals surface area contributed by atoms with E-state index in [-0.39, 0.29) is 0 Å². The molecule has 0 aliphatic carbocycles. The van der Waals surface area contributed by atoms with Gasteiger partial charge in [-0.15, -0.1) is 0 Å². The molecule has 1 rings (SSSR count). The number of carbonyl (C=O) groups is 1. The predicted octanol–water partition coefficient (Wildman–Crippen LogP) is 1.91. The molecular weight excluding hydrogens is 200 g/mol. The van der Waals surface area contributed by atoms with E-state index in [1.807, 2.05) is 10.8 Å². The van der Waals surface area contributed by atoms with Crippen LogP contribution >= 0.6 is 11.3 Å². The quantitative estimate of drug-likeness (QED) is 0.432. The van der Waals surface area contributed by atoms with E-state index in [1.165, 1.54) is 24.7 Å². The summed E-state index contributed by atoms with van der Waals surface area (Å²) in [7, 11) is 1.25. The van der Waals surface area contributed by atoms with Crippen LogP contribution in [-0.4, -0.2) is 25.3 Å². The molecule has 0 saturated carbocycles. The number of rotatable bonds is 3. The number of carbonyl (C=O) groups excluding carboxylic acids is 1. The van der Waals surface area contributed by atoms with Crippen molar-refractivity contribution in [1.29, 1.82) is 0 Å². The third-order valence-electron chi connectivity index (χ3n) is 1.45. The molecule has 0 radical (unpaired) electrons. The highest BCUT2D eigenvalue weighted by Crippen LogP contribution is 2.15. The van der Waals surface area contributed by atoms with Gasteiger partial charge < -0.3 is 4.74 Å². The van der Waals surface area contributed by atoms with Gasteiger partial charge in [-0.25, -0.2) is 11.4 Å². The molecule has 5 heteroatoms. The maximum absolute atomic E-state index is 11.0. The zero-order valence-electron chi connectivity index (χ0n) is 7.51. The summed E-state index contributed by atoms with van der Waals surface area (Å²) in [5.74, 6) is -0.584. The molecule has 0 fully saturated rings. The number of ether oxygens (including phenoxy) is 1. The largest absolute Gasteiger partial charge is 0.463 e. The summed E-state index contributed by atoms with van der Waals surface area (Å²) in [6, 6.07) is 0.860. The monoisotopic (exact) mass is 208 g/mol.